The van der Waals surface area contributed by atoms with Gasteiger partial charge >= 0.3 is 0 Å². The lowest BCUT2D eigenvalue weighted by Crippen LogP contribution is -2.68. The van der Waals surface area contributed by atoms with Gasteiger partial charge in [0.15, 0.2) is 0 Å². The molecule has 0 unspecified atom stereocenters. The molecular weight excluding hydrogens is 152 g/mol. The lowest BCUT2D eigenvalue weighted by atomic mass is 10.2. The van der Waals surface area contributed by atoms with E-state index >= 15 is 0 Å². The summed E-state index contributed by atoms with van der Waals surface area (Å²) < 4.78 is 0. The lowest BCUT2D eigenvalue weighted by Gasteiger charge is -2.44. The minimum Gasteiger partial charge on any atom is -0.315 e. The van der Waals surface area contributed by atoms with Crippen molar-refractivity contribution in [3.8, 4) is 0 Å². The normalized spacial score (nSPS) is 13.0. The second-order valence-electron chi connectivity index (χ2n) is 3.39. The average molecular weight is 174 g/mol. The van der Waals surface area contributed by atoms with Crippen LogP contribution in [0.1, 0.15) is 0 Å². The summed E-state index contributed by atoms with van der Waals surface area (Å²) in [7, 11) is 12.2. The van der Waals surface area contributed by atoms with Gasteiger partial charge in [-0.05, 0) is 42.3 Å². The van der Waals surface area contributed by atoms with Crippen LogP contribution in [0.4, 0.5) is 0 Å². The van der Waals surface area contributed by atoms with Crippen molar-refractivity contribution < 1.29 is 0 Å². The van der Waals surface area contributed by atoms with Gasteiger partial charge in [-0.3, -0.25) is 15.1 Å². The van der Waals surface area contributed by atoms with Gasteiger partial charge < -0.3 is 5.32 Å². The molecule has 74 valence electrons. The van der Waals surface area contributed by atoms with Gasteiger partial charge in [-0.1, -0.05) is 0 Å². The maximum atomic E-state index is 3.30. The molecule has 0 aromatic heterocycles. The van der Waals surface area contributed by atoms with Crippen LogP contribution in [0.15, 0.2) is 0 Å². The molecule has 0 fully saturated rings. The summed E-state index contributed by atoms with van der Waals surface area (Å²) in [4.78, 5) is 4.31. The van der Waals surface area contributed by atoms with Crippen molar-refractivity contribution in [2.45, 2.75) is 5.79 Å². The summed E-state index contributed by atoms with van der Waals surface area (Å²) >= 11 is 0. The first-order valence-electron chi connectivity index (χ1n) is 4.19. The van der Waals surface area contributed by atoms with E-state index in [-0.39, 0.29) is 5.79 Å². The van der Waals surface area contributed by atoms with Crippen LogP contribution in [0.25, 0.3) is 0 Å². The van der Waals surface area contributed by atoms with Crippen LogP contribution in [0.3, 0.4) is 0 Å². The molecular formula is C8H22N4. The van der Waals surface area contributed by atoms with Crippen molar-refractivity contribution in [1.29, 1.82) is 0 Å². The molecule has 0 bridgehead atoms. The Labute approximate surface area is 75.9 Å². The summed E-state index contributed by atoms with van der Waals surface area (Å²) in [6, 6.07) is 0. The molecule has 0 atom stereocenters. The Kier molecular flexibility index (Phi) is 4.70. The van der Waals surface area contributed by atoms with Crippen LogP contribution in [0.2, 0.25) is 0 Å². The molecule has 2 N–H and O–H groups in total. The zero-order valence-electron chi connectivity index (χ0n) is 9.10. The van der Waals surface area contributed by atoms with Gasteiger partial charge in [0, 0.05) is 6.54 Å². The van der Waals surface area contributed by atoms with Crippen molar-refractivity contribution in [1.82, 2.24) is 20.4 Å². The second-order valence-corrected chi connectivity index (χ2v) is 3.39. The molecule has 0 rings (SSSR count). The molecule has 4 nitrogen and oxygen atoms in total. The molecule has 0 aliphatic rings. The maximum absolute atomic E-state index is 3.30. The number of likely N-dealkylation sites (N-methyl/N-ethyl adjacent to an activating group) is 4. The molecule has 4 heteroatoms. The van der Waals surface area contributed by atoms with Crippen LogP contribution >= 0.6 is 0 Å². The highest BCUT2D eigenvalue weighted by molar-refractivity contribution is 4.82. The standard InChI is InChI=1S/C8H22N4/c1-9-7-8(10-2,11(3)4)12(5)6/h9-10H,7H2,1-6H3. The molecule has 0 radical (unpaired) electrons. The minimum absolute atomic E-state index is 0.102. The molecule has 12 heavy (non-hydrogen) atoms. The molecule has 0 heterocycles. The number of hydrogen-bond acceptors (Lipinski definition) is 4. The minimum atomic E-state index is -0.102. The summed E-state index contributed by atoms with van der Waals surface area (Å²) in [6.07, 6.45) is 0. The van der Waals surface area contributed by atoms with Crippen molar-refractivity contribution in [3.63, 3.8) is 0 Å². The zero-order valence-corrected chi connectivity index (χ0v) is 9.10. The van der Waals surface area contributed by atoms with E-state index in [0.717, 1.165) is 6.54 Å². The van der Waals surface area contributed by atoms with Crippen molar-refractivity contribution >= 4 is 0 Å². The molecule has 0 amide bonds. The highest BCUT2D eigenvalue weighted by atomic mass is 15.5. The number of rotatable bonds is 5. The SMILES string of the molecule is CNCC(NC)(N(C)C)N(C)C. The second kappa shape index (κ2) is 4.77. The van der Waals surface area contributed by atoms with Crippen LogP contribution in [-0.4, -0.2) is 64.4 Å². The van der Waals surface area contributed by atoms with Crippen LogP contribution in [-0.2, 0) is 0 Å². The molecule has 0 saturated heterocycles. The summed E-state index contributed by atoms with van der Waals surface area (Å²) in [5, 5.41) is 6.48. The van der Waals surface area contributed by atoms with E-state index < -0.39 is 0 Å². The van der Waals surface area contributed by atoms with E-state index in [4.69, 9.17) is 0 Å². The monoisotopic (exact) mass is 174 g/mol. The van der Waals surface area contributed by atoms with Gasteiger partial charge in [0.1, 0.15) is 5.79 Å². The Morgan fingerprint density at radius 2 is 1.42 bits per heavy atom. The fourth-order valence-electron chi connectivity index (χ4n) is 1.50. The van der Waals surface area contributed by atoms with Gasteiger partial charge in [0.25, 0.3) is 0 Å². The van der Waals surface area contributed by atoms with Gasteiger partial charge in [0.05, 0.1) is 0 Å². The van der Waals surface area contributed by atoms with Crippen LogP contribution < -0.4 is 10.6 Å². The smallest absolute Gasteiger partial charge is 0.140 e. The summed E-state index contributed by atoms with van der Waals surface area (Å²) in [5.41, 5.74) is 0. The molecule has 0 aromatic rings. The first-order chi connectivity index (χ1) is 5.51. The van der Waals surface area contributed by atoms with Crippen LogP contribution in [0, 0.1) is 0 Å². The molecule has 0 aromatic carbocycles. The first kappa shape index (κ1) is 11.8. The third-order valence-corrected chi connectivity index (χ3v) is 2.30. The summed E-state index contributed by atoms with van der Waals surface area (Å²) in [6.45, 7) is 0.878. The van der Waals surface area contributed by atoms with Gasteiger partial charge in [-0.2, -0.15) is 0 Å². The third kappa shape index (κ3) is 2.17. The van der Waals surface area contributed by atoms with Crippen molar-refractivity contribution in [2.24, 2.45) is 0 Å². The van der Waals surface area contributed by atoms with Crippen molar-refractivity contribution in [3.05, 3.63) is 0 Å². The van der Waals surface area contributed by atoms with E-state index in [0.29, 0.717) is 0 Å². The van der Waals surface area contributed by atoms with Crippen molar-refractivity contribution in [2.75, 3.05) is 48.8 Å². The highest BCUT2D eigenvalue weighted by Gasteiger charge is 2.32. The molecule has 0 aliphatic carbocycles. The average Bonchev–Trinajstić information content (AvgIpc) is 1.98. The number of nitrogens with zero attached hydrogens (tertiary/aromatic N) is 2. The zero-order chi connectivity index (χ0) is 9.78. The fraction of sp³-hybridized carbons (Fsp3) is 1.00. The Morgan fingerprint density at radius 1 is 1.00 bits per heavy atom. The number of hydrogen-bond donors (Lipinski definition) is 2. The van der Waals surface area contributed by atoms with Gasteiger partial charge in [-0.25, -0.2) is 0 Å². The summed E-state index contributed by atoms with van der Waals surface area (Å²) in [5.74, 6) is -0.102. The molecule has 0 aliphatic heterocycles. The predicted octanol–water partition coefficient (Wildman–Crippen LogP) is -0.798. The van der Waals surface area contributed by atoms with Gasteiger partial charge in [0.2, 0.25) is 0 Å². The third-order valence-electron chi connectivity index (χ3n) is 2.30. The van der Waals surface area contributed by atoms with E-state index in [9.17, 15) is 0 Å². The Morgan fingerprint density at radius 3 is 1.50 bits per heavy atom. The largest absolute Gasteiger partial charge is 0.315 e. The maximum Gasteiger partial charge on any atom is 0.140 e. The fourth-order valence-corrected chi connectivity index (χ4v) is 1.50. The Hall–Kier alpha value is -0.160. The van der Waals surface area contributed by atoms with E-state index in [2.05, 4.69) is 48.6 Å². The van der Waals surface area contributed by atoms with E-state index in [1.54, 1.807) is 0 Å². The predicted molar refractivity (Wildman–Crippen MR) is 53.1 cm³/mol. The first-order valence-corrected chi connectivity index (χ1v) is 4.19. The van der Waals surface area contributed by atoms with Crippen LogP contribution in [0.5, 0.6) is 0 Å². The number of nitrogens with one attached hydrogen (secondary N) is 2. The van der Waals surface area contributed by atoms with Gasteiger partial charge in [-0.15, -0.1) is 0 Å². The van der Waals surface area contributed by atoms with E-state index in [1.807, 2.05) is 14.1 Å². The quantitative estimate of drug-likeness (QED) is 0.534. The highest BCUT2D eigenvalue weighted by Crippen LogP contribution is 2.08. The Balaban J connectivity index is 4.51. The topological polar surface area (TPSA) is 30.5 Å². The Bertz CT molecular complexity index is 114. The molecule has 0 spiro atoms. The lowest BCUT2D eigenvalue weighted by molar-refractivity contribution is -0.0191. The molecule has 0 saturated carbocycles. The van der Waals surface area contributed by atoms with E-state index in [1.165, 1.54) is 0 Å².